The van der Waals surface area contributed by atoms with Gasteiger partial charge in [-0.2, -0.15) is 0 Å². The van der Waals surface area contributed by atoms with Crippen LogP contribution in [0.25, 0.3) is 72.2 Å². The van der Waals surface area contributed by atoms with E-state index in [-0.39, 0.29) is 0 Å². The molecule has 4 heterocycles. The summed E-state index contributed by atoms with van der Waals surface area (Å²) in [6, 6.07) is 40.6. The smallest absolute Gasteiger partial charge is 0.162 e. The molecule has 4 nitrogen and oxygen atoms in total. The maximum atomic E-state index is 6.39. The number of rotatable bonds is 2. The first-order valence-electron chi connectivity index (χ1n) is 14.0. The topological polar surface area (TPSA) is 43.9 Å². The molecule has 0 atom stereocenters. The molecule has 3 aromatic heterocycles. The first kappa shape index (κ1) is 22.8. The number of aromatic nitrogens is 3. The molecular formula is C36H25N3OSi. The lowest BCUT2D eigenvalue weighted by molar-refractivity contribution is 0.669. The third-order valence-corrected chi connectivity index (χ3v) is 12.3. The van der Waals surface area contributed by atoms with E-state index in [1.54, 1.807) is 0 Å². The van der Waals surface area contributed by atoms with Gasteiger partial charge >= 0.3 is 0 Å². The van der Waals surface area contributed by atoms with Crippen LogP contribution >= 0.6 is 0 Å². The Morgan fingerprint density at radius 3 is 2.22 bits per heavy atom. The van der Waals surface area contributed by atoms with Crippen LogP contribution in [0.15, 0.2) is 120 Å². The number of fused-ring (bicyclic) bond motifs is 9. The summed E-state index contributed by atoms with van der Waals surface area (Å²) in [5.41, 5.74) is 7.34. The maximum Gasteiger partial charge on any atom is 0.162 e. The third kappa shape index (κ3) is 3.04. The normalized spacial score (nSPS) is 13.8. The van der Waals surface area contributed by atoms with E-state index in [9.17, 15) is 0 Å². The van der Waals surface area contributed by atoms with Crippen LogP contribution in [0, 0.1) is 0 Å². The second kappa shape index (κ2) is 8.02. The summed E-state index contributed by atoms with van der Waals surface area (Å²) in [5.74, 6) is 1.72. The van der Waals surface area contributed by atoms with Crippen molar-refractivity contribution in [2.45, 2.75) is 13.1 Å². The molecule has 0 aliphatic carbocycles. The lowest BCUT2D eigenvalue weighted by Gasteiger charge is -2.22. The Hall–Kier alpha value is -5.00. The van der Waals surface area contributed by atoms with Gasteiger partial charge < -0.3 is 4.42 Å². The van der Waals surface area contributed by atoms with Crippen molar-refractivity contribution >= 4 is 62.2 Å². The van der Waals surface area contributed by atoms with Gasteiger partial charge in [-0.3, -0.25) is 4.57 Å². The zero-order valence-corrected chi connectivity index (χ0v) is 23.7. The summed E-state index contributed by atoms with van der Waals surface area (Å²) in [6.45, 7) is 4.86. The summed E-state index contributed by atoms with van der Waals surface area (Å²) in [6.07, 6.45) is 0. The zero-order valence-electron chi connectivity index (χ0n) is 22.7. The van der Waals surface area contributed by atoms with Crippen molar-refractivity contribution in [1.82, 2.24) is 14.5 Å². The van der Waals surface area contributed by atoms with Gasteiger partial charge in [0, 0.05) is 38.4 Å². The molecule has 0 amide bonds. The van der Waals surface area contributed by atoms with Gasteiger partial charge in [-0.05, 0) is 28.9 Å². The molecular weight excluding hydrogens is 519 g/mol. The molecule has 0 N–H and O–H groups in total. The van der Waals surface area contributed by atoms with Crippen LogP contribution in [-0.2, 0) is 0 Å². The molecule has 0 radical (unpaired) electrons. The summed E-state index contributed by atoms with van der Waals surface area (Å²) in [4.78, 5) is 10.7. The molecule has 9 rings (SSSR count). The van der Waals surface area contributed by atoms with Crippen LogP contribution in [0.3, 0.4) is 0 Å². The third-order valence-electron chi connectivity index (χ3n) is 8.79. The molecule has 1 aliphatic rings. The molecule has 5 aromatic carbocycles. The lowest BCUT2D eigenvalue weighted by atomic mass is 10.1. The molecule has 0 bridgehead atoms. The SMILES string of the molecule is C[Si]1(C)c2ccccc2-c2nc(-c3ccccc3)nc(-n3c4ccccc4c4cc5c(cc43)oc3ccccc35)c21. The van der Waals surface area contributed by atoms with E-state index < -0.39 is 8.07 Å². The van der Waals surface area contributed by atoms with Crippen molar-refractivity contribution in [3.05, 3.63) is 115 Å². The fraction of sp³-hybridized carbons (Fsp3) is 0.0556. The second-order valence-electron chi connectivity index (χ2n) is 11.4. The fourth-order valence-electron chi connectivity index (χ4n) is 6.88. The highest BCUT2D eigenvalue weighted by Gasteiger charge is 2.42. The molecule has 0 unspecified atom stereocenters. The van der Waals surface area contributed by atoms with Crippen molar-refractivity contribution in [2.75, 3.05) is 0 Å². The number of benzene rings is 5. The van der Waals surface area contributed by atoms with Crippen LogP contribution in [0.4, 0.5) is 0 Å². The van der Waals surface area contributed by atoms with Gasteiger partial charge in [0.05, 0.1) is 16.7 Å². The molecule has 0 saturated carbocycles. The van der Waals surface area contributed by atoms with E-state index in [0.717, 1.165) is 55.9 Å². The van der Waals surface area contributed by atoms with Gasteiger partial charge in [-0.25, -0.2) is 9.97 Å². The van der Waals surface area contributed by atoms with Gasteiger partial charge in [0.1, 0.15) is 25.1 Å². The standard InChI is InChI=1S/C36H25N3OSi/c1-41(2)32-19-11-8-16-25(32)33-34(41)36(38-35(37-33)22-12-4-3-5-13-22)39-28-17-9-6-14-23(28)26-20-27-24-15-7-10-18-30(24)40-31(27)21-29(26)39/h3-21H,1-2H3. The molecule has 0 saturated heterocycles. The van der Waals surface area contributed by atoms with Gasteiger partial charge in [-0.1, -0.05) is 104 Å². The Labute approximate surface area is 237 Å². The quantitative estimate of drug-likeness (QED) is 0.208. The van der Waals surface area contributed by atoms with Crippen molar-refractivity contribution in [3.63, 3.8) is 0 Å². The van der Waals surface area contributed by atoms with Crippen molar-refractivity contribution in [3.8, 4) is 28.5 Å². The van der Waals surface area contributed by atoms with Gasteiger partial charge in [-0.15, -0.1) is 0 Å². The van der Waals surface area contributed by atoms with Gasteiger partial charge in [0.15, 0.2) is 5.82 Å². The van der Waals surface area contributed by atoms with Crippen molar-refractivity contribution < 1.29 is 4.42 Å². The van der Waals surface area contributed by atoms with Crippen LogP contribution < -0.4 is 10.4 Å². The number of furan rings is 1. The number of hydrogen-bond acceptors (Lipinski definition) is 3. The highest BCUT2D eigenvalue weighted by atomic mass is 28.3. The molecule has 0 spiro atoms. The monoisotopic (exact) mass is 543 g/mol. The molecule has 5 heteroatoms. The van der Waals surface area contributed by atoms with E-state index in [1.807, 2.05) is 18.2 Å². The van der Waals surface area contributed by atoms with Crippen molar-refractivity contribution in [2.24, 2.45) is 0 Å². The average Bonchev–Trinajstić information content (AvgIpc) is 3.62. The summed E-state index contributed by atoms with van der Waals surface area (Å²) in [7, 11) is -2.13. The summed E-state index contributed by atoms with van der Waals surface area (Å²) in [5, 5.41) is 7.37. The van der Waals surface area contributed by atoms with Gasteiger partial charge in [0.25, 0.3) is 0 Å². The Bertz CT molecular complexity index is 2350. The molecule has 8 aromatic rings. The van der Waals surface area contributed by atoms with E-state index >= 15 is 0 Å². The Balaban J connectivity index is 1.46. The first-order chi connectivity index (χ1) is 20.1. The Kier molecular flexibility index (Phi) is 4.46. The predicted octanol–water partition coefficient (Wildman–Crippen LogP) is 7.94. The zero-order chi connectivity index (χ0) is 27.3. The first-order valence-corrected chi connectivity index (χ1v) is 17.0. The average molecular weight is 544 g/mol. The number of nitrogens with zero attached hydrogens (tertiary/aromatic N) is 3. The maximum absolute atomic E-state index is 6.39. The molecule has 1 aliphatic heterocycles. The fourth-order valence-corrected chi connectivity index (χ4v) is 10.0. The van der Waals surface area contributed by atoms with Crippen LogP contribution in [0.5, 0.6) is 0 Å². The van der Waals surface area contributed by atoms with Crippen LogP contribution in [-0.4, -0.2) is 22.6 Å². The second-order valence-corrected chi connectivity index (χ2v) is 15.7. The Morgan fingerprint density at radius 2 is 1.34 bits per heavy atom. The van der Waals surface area contributed by atoms with Gasteiger partial charge in [0.2, 0.25) is 0 Å². The highest BCUT2D eigenvalue weighted by molar-refractivity contribution is 7.04. The minimum absolute atomic E-state index is 0.747. The van der Waals surface area contributed by atoms with Crippen LogP contribution in [0.1, 0.15) is 0 Å². The Morgan fingerprint density at radius 1 is 0.610 bits per heavy atom. The largest absolute Gasteiger partial charge is 0.456 e. The van der Waals surface area contributed by atoms with E-state index in [1.165, 1.54) is 26.7 Å². The molecule has 41 heavy (non-hydrogen) atoms. The minimum Gasteiger partial charge on any atom is -0.456 e. The lowest BCUT2D eigenvalue weighted by Crippen LogP contribution is -2.51. The summed E-state index contributed by atoms with van der Waals surface area (Å²) < 4.78 is 8.75. The summed E-state index contributed by atoms with van der Waals surface area (Å²) >= 11 is 0. The minimum atomic E-state index is -2.13. The number of hydrogen-bond donors (Lipinski definition) is 0. The van der Waals surface area contributed by atoms with E-state index in [2.05, 4.69) is 115 Å². The van der Waals surface area contributed by atoms with Crippen molar-refractivity contribution in [1.29, 1.82) is 0 Å². The van der Waals surface area contributed by atoms with E-state index in [0.29, 0.717) is 0 Å². The van der Waals surface area contributed by atoms with E-state index in [4.69, 9.17) is 14.4 Å². The predicted molar refractivity (Wildman–Crippen MR) is 171 cm³/mol. The van der Waals surface area contributed by atoms with Crippen LogP contribution in [0.2, 0.25) is 13.1 Å². The molecule has 194 valence electrons. The highest BCUT2D eigenvalue weighted by Crippen LogP contribution is 2.39. The molecule has 0 fully saturated rings. The number of para-hydroxylation sites is 2.